The molecule has 166 valence electrons. The highest BCUT2D eigenvalue weighted by Gasteiger charge is 2.22. The van der Waals surface area contributed by atoms with E-state index in [1.54, 1.807) is 6.07 Å². The molecule has 0 spiro atoms. The van der Waals surface area contributed by atoms with Gasteiger partial charge < -0.3 is 9.84 Å². The van der Waals surface area contributed by atoms with Crippen molar-refractivity contribution in [1.82, 2.24) is 0 Å². The smallest absolute Gasteiger partial charge is 0.341 e. The molecule has 0 amide bonds. The highest BCUT2D eigenvalue weighted by atomic mass is 19.1. The van der Waals surface area contributed by atoms with Crippen molar-refractivity contribution in [2.75, 3.05) is 6.61 Å². The number of hydrogen-bond acceptors (Lipinski definition) is 3. The van der Waals surface area contributed by atoms with Crippen molar-refractivity contribution in [2.24, 2.45) is 5.92 Å². The summed E-state index contributed by atoms with van der Waals surface area (Å²) >= 11 is 0. The molecule has 1 fully saturated rings. The molecular formula is C27H33FO3. The molecule has 0 aromatic heterocycles. The molecule has 31 heavy (non-hydrogen) atoms. The molecule has 0 aliphatic heterocycles. The van der Waals surface area contributed by atoms with Gasteiger partial charge >= 0.3 is 5.97 Å². The Kier molecular flexibility index (Phi) is 8.42. The average Bonchev–Trinajstić information content (AvgIpc) is 2.80. The first-order valence-corrected chi connectivity index (χ1v) is 11.4. The van der Waals surface area contributed by atoms with E-state index in [9.17, 15) is 9.18 Å². The zero-order valence-electron chi connectivity index (χ0n) is 18.4. The van der Waals surface area contributed by atoms with Crippen LogP contribution in [0.3, 0.4) is 0 Å². The maximum atomic E-state index is 14.4. The molecule has 0 bridgehead atoms. The van der Waals surface area contributed by atoms with Crippen LogP contribution in [0.5, 0.6) is 5.75 Å². The number of benzene rings is 2. The highest BCUT2D eigenvalue weighted by Crippen LogP contribution is 2.38. The van der Waals surface area contributed by atoms with E-state index in [2.05, 4.69) is 25.6 Å². The number of aliphatic hydroxyl groups is 1. The Morgan fingerprint density at radius 3 is 2.35 bits per heavy atom. The maximum absolute atomic E-state index is 14.4. The fourth-order valence-electron chi connectivity index (χ4n) is 4.41. The van der Waals surface area contributed by atoms with Gasteiger partial charge in [0.15, 0.2) is 11.6 Å². The summed E-state index contributed by atoms with van der Waals surface area (Å²) in [5, 5.41) is 8.92. The van der Waals surface area contributed by atoms with Crippen LogP contribution in [-0.2, 0) is 4.79 Å². The van der Waals surface area contributed by atoms with Gasteiger partial charge in [-0.1, -0.05) is 69.5 Å². The van der Waals surface area contributed by atoms with E-state index in [0.717, 1.165) is 17.0 Å². The van der Waals surface area contributed by atoms with E-state index in [1.807, 2.05) is 12.1 Å². The molecule has 0 radical (unpaired) electrons. The number of rotatable bonds is 9. The van der Waals surface area contributed by atoms with E-state index >= 15 is 0 Å². The first-order valence-electron chi connectivity index (χ1n) is 11.4. The minimum Gasteiger partial charge on any atom is -0.420 e. The number of unbranched alkanes of at least 4 members (excludes halogenated alkanes) is 2. The molecule has 2 aromatic carbocycles. The van der Waals surface area contributed by atoms with Gasteiger partial charge in [-0.3, -0.25) is 0 Å². The number of ether oxygens (including phenoxy) is 1. The van der Waals surface area contributed by atoms with Crippen molar-refractivity contribution in [2.45, 2.75) is 64.2 Å². The first-order chi connectivity index (χ1) is 15.0. The third kappa shape index (κ3) is 6.27. The minimum atomic E-state index is -0.835. The fraction of sp³-hybridized carbons (Fsp3) is 0.444. The van der Waals surface area contributed by atoms with Gasteiger partial charge in [0, 0.05) is 0 Å². The van der Waals surface area contributed by atoms with Crippen LogP contribution < -0.4 is 4.74 Å². The van der Waals surface area contributed by atoms with Crippen LogP contribution in [-0.4, -0.2) is 17.7 Å². The molecule has 0 saturated heterocycles. The van der Waals surface area contributed by atoms with E-state index in [-0.39, 0.29) is 11.3 Å². The Bertz CT molecular complexity index is 880. The maximum Gasteiger partial charge on any atom is 0.341 e. The van der Waals surface area contributed by atoms with Gasteiger partial charge in [-0.05, 0) is 66.3 Å². The Morgan fingerprint density at radius 2 is 1.74 bits per heavy atom. The van der Waals surface area contributed by atoms with Gasteiger partial charge in [-0.15, -0.1) is 0 Å². The molecule has 3 rings (SSSR count). The molecule has 0 atom stereocenters. The van der Waals surface area contributed by atoms with Gasteiger partial charge in [0.2, 0.25) is 0 Å². The van der Waals surface area contributed by atoms with Crippen molar-refractivity contribution in [3.63, 3.8) is 0 Å². The van der Waals surface area contributed by atoms with Gasteiger partial charge in [0.25, 0.3) is 0 Å². The van der Waals surface area contributed by atoms with Gasteiger partial charge in [0.1, 0.15) is 0 Å². The monoisotopic (exact) mass is 424 g/mol. The third-order valence-electron chi connectivity index (χ3n) is 6.39. The van der Waals surface area contributed by atoms with Crippen molar-refractivity contribution >= 4 is 5.97 Å². The molecule has 1 aliphatic rings. The van der Waals surface area contributed by atoms with E-state index in [0.29, 0.717) is 5.92 Å². The fourth-order valence-corrected chi connectivity index (χ4v) is 4.41. The summed E-state index contributed by atoms with van der Waals surface area (Å²) in [7, 11) is 0. The van der Waals surface area contributed by atoms with Crippen LogP contribution in [0.25, 0.3) is 11.1 Å². The third-order valence-corrected chi connectivity index (χ3v) is 6.39. The first kappa shape index (κ1) is 23.2. The van der Waals surface area contributed by atoms with E-state index in [1.165, 1.54) is 69.1 Å². The molecule has 4 heteroatoms. The SMILES string of the molecule is C=C(CO)C(=O)Oc1ccc(-c2ccc(C3CCC(CCCCC)CC3)cc2)cc1F. The second-order valence-electron chi connectivity index (χ2n) is 8.63. The summed E-state index contributed by atoms with van der Waals surface area (Å²) in [5.41, 5.74) is 2.90. The highest BCUT2D eigenvalue weighted by molar-refractivity contribution is 5.89. The van der Waals surface area contributed by atoms with Gasteiger partial charge in [-0.2, -0.15) is 0 Å². The second-order valence-corrected chi connectivity index (χ2v) is 8.63. The molecule has 1 N–H and O–H groups in total. The average molecular weight is 425 g/mol. The van der Waals surface area contributed by atoms with Crippen molar-refractivity contribution in [3.8, 4) is 16.9 Å². The molecule has 0 heterocycles. The van der Waals surface area contributed by atoms with Crippen LogP contribution in [0.4, 0.5) is 4.39 Å². The lowest BCUT2D eigenvalue weighted by molar-refractivity contribution is -0.130. The summed E-state index contributed by atoms with van der Waals surface area (Å²) < 4.78 is 19.4. The summed E-state index contributed by atoms with van der Waals surface area (Å²) in [4.78, 5) is 11.7. The standard InChI is InChI=1S/C27H33FO3/c1-3-4-5-6-20-7-9-21(10-8-20)22-11-13-23(14-12-22)24-15-16-26(25(28)17-24)31-27(30)19(2)18-29/h11-17,20-21,29H,2-10,18H2,1H3. The molecule has 1 aliphatic carbocycles. The Morgan fingerprint density at radius 1 is 1.06 bits per heavy atom. The van der Waals surface area contributed by atoms with Crippen LogP contribution >= 0.6 is 0 Å². The summed E-state index contributed by atoms with van der Waals surface area (Å²) in [6.07, 6.45) is 10.5. The predicted molar refractivity (Wildman–Crippen MR) is 123 cm³/mol. The Hall–Kier alpha value is -2.46. The normalized spacial score (nSPS) is 18.5. The Balaban J connectivity index is 1.59. The van der Waals surface area contributed by atoms with E-state index in [4.69, 9.17) is 9.84 Å². The molecule has 2 aromatic rings. The molecule has 3 nitrogen and oxygen atoms in total. The molecular weight excluding hydrogens is 391 g/mol. The van der Waals surface area contributed by atoms with Gasteiger partial charge in [0.05, 0.1) is 12.2 Å². The zero-order valence-corrected chi connectivity index (χ0v) is 18.4. The number of carbonyl (C=O) groups is 1. The lowest BCUT2D eigenvalue weighted by Gasteiger charge is -2.29. The number of carbonyl (C=O) groups excluding carboxylic acids is 1. The van der Waals surface area contributed by atoms with Crippen LogP contribution in [0.15, 0.2) is 54.6 Å². The van der Waals surface area contributed by atoms with Crippen molar-refractivity contribution < 1.29 is 19.0 Å². The lowest BCUT2D eigenvalue weighted by Crippen LogP contribution is -2.13. The van der Waals surface area contributed by atoms with Crippen LogP contribution in [0, 0.1) is 11.7 Å². The zero-order chi connectivity index (χ0) is 22.2. The van der Waals surface area contributed by atoms with Crippen LogP contribution in [0.2, 0.25) is 0 Å². The topological polar surface area (TPSA) is 46.5 Å². The van der Waals surface area contributed by atoms with Crippen molar-refractivity contribution in [3.05, 3.63) is 66.0 Å². The largest absolute Gasteiger partial charge is 0.420 e. The number of halogens is 1. The van der Waals surface area contributed by atoms with Gasteiger partial charge in [-0.25, -0.2) is 9.18 Å². The number of aliphatic hydroxyl groups excluding tert-OH is 1. The molecule has 0 unspecified atom stereocenters. The van der Waals surface area contributed by atoms with Crippen LogP contribution in [0.1, 0.15) is 69.8 Å². The quantitative estimate of drug-likeness (QED) is 0.208. The summed E-state index contributed by atoms with van der Waals surface area (Å²) in [6.45, 7) is 5.12. The Labute approximate surface area is 185 Å². The number of esters is 1. The van der Waals surface area contributed by atoms with Crippen molar-refractivity contribution in [1.29, 1.82) is 0 Å². The lowest BCUT2D eigenvalue weighted by atomic mass is 9.77. The molecule has 1 saturated carbocycles. The second kappa shape index (κ2) is 11.2. The predicted octanol–water partition coefficient (Wildman–Crippen LogP) is 6.80. The summed E-state index contributed by atoms with van der Waals surface area (Å²) in [5.74, 6) is -0.113. The summed E-state index contributed by atoms with van der Waals surface area (Å²) in [6, 6.07) is 12.9. The van der Waals surface area contributed by atoms with E-state index < -0.39 is 18.4 Å². The number of hydrogen-bond donors (Lipinski definition) is 1. The minimum absolute atomic E-state index is 0.117.